The van der Waals surface area contributed by atoms with Crippen LogP contribution in [0.3, 0.4) is 0 Å². The van der Waals surface area contributed by atoms with Crippen LogP contribution in [0.25, 0.3) is 0 Å². The highest BCUT2D eigenvalue weighted by Crippen LogP contribution is 2.55. The summed E-state index contributed by atoms with van der Waals surface area (Å²) < 4.78 is 0. The van der Waals surface area contributed by atoms with E-state index in [2.05, 4.69) is 0 Å². The van der Waals surface area contributed by atoms with Crippen LogP contribution in [0.4, 0.5) is 0 Å². The van der Waals surface area contributed by atoms with Crippen molar-refractivity contribution in [2.75, 3.05) is 0 Å². The second-order valence-electron chi connectivity index (χ2n) is 10.2. The Bertz CT molecular complexity index is 1200. The molecule has 0 saturated heterocycles. The van der Waals surface area contributed by atoms with E-state index in [1.165, 1.54) is 0 Å². The summed E-state index contributed by atoms with van der Waals surface area (Å²) in [5, 5.41) is 91.8. The second-order valence-corrected chi connectivity index (χ2v) is 10.2. The van der Waals surface area contributed by atoms with Crippen LogP contribution in [0.2, 0.25) is 0 Å². The molecule has 3 aromatic carbocycles. The van der Waals surface area contributed by atoms with Crippen LogP contribution in [-0.2, 0) is 45.1 Å². The van der Waals surface area contributed by atoms with Gasteiger partial charge in [0.25, 0.3) is 0 Å². The smallest absolute Gasteiger partial charge is 0.126 e. The Morgan fingerprint density at radius 3 is 1.18 bits per heavy atom. The highest BCUT2D eigenvalue weighted by Gasteiger charge is 2.46. The lowest BCUT2D eigenvalue weighted by Gasteiger charge is -2.47. The Morgan fingerprint density at radius 1 is 0.513 bits per heavy atom. The zero-order valence-corrected chi connectivity index (χ0v) is 21.6. The van der Waals surface area contributed by atoms with E-state index in [0.717, 1.165) is 18.4 Å². The van der Waals surface area contributed by atoms with Crippen LogP contribution in [0.15, 0.2) is 36.4 Å². The Morgan fingerprint density at radius 2 is 0.846 bits per heavy atom. The standard InChI is InChI=1S/C30H36O9/c31-11-18-5-17(6-19(12-32)27(18)37)26-3-1-2-4-30(26,24-7-20(13-33)28(38)21(8-24)14-34)25-9-22(15-35)29(39)23(10-25)16-36/h5-10,26,31-39H,1-4,11-16H2. The first-order valence-electron chi connectivity index (χ1n) is 13.0. The average Bonchev–Trinajstić information content (AvgIpc) is 2.97. The summed E-state index contributed by atoms with van der Waals surface area (Å²) in [6.07, 6.45) is 2.82. The summed E-state index contributed by atoms with van der Waals surface area (Å²) in [6.45, 7) is -2.80. The van der Waals surface area contributed by atoms with Crippen molar-refractivity contribution in [1.82, 2.24) is 0 Å². The lowest BCUT2D eigenvalue weighted by molar-refractivity contribution is 0.254. The van der Waals surface area contributed by atoms with Gasteiger partial charge >= 0.3 is 0 Å². The summed E-state index contributed by atoms with van der Waals surface area (Å²) in [5.41, 5.74) is 2.57. The predicted molar refractivity (Wildman–Crippen MR) is 142 cm³/mol. The van der Waals surface area contributed by atoms with E-state index in [1.54, 1.807) is 36.4 Å². The number of phenols is 3. The molecule has 9 heteroatoms. The van der Waals surface area contributed by atoms with Crippen LogP contribution in [0.1, 0.15) is 81.7 Å². The third kappa shape index (κ3) is 4.98. The number of aromatic hydroxyl groups is 3. The van der Waals surface area contributed by atoms with Crippen LogP contribution in [0, 0.1) is 0 Å². The van der Waals surface area contributed by atoms with E-state index in [-0.39, 0.29) is 56.5 Å². The van der Waals surface area contributed by atoms with Crippen molar-refractivity contribution in [1.29, 1.82) is 0 Å². The molecule has 0 aliphatic heterocycles. The molecular weight excluding hydrogens is 504 g/mol. The highest BCUT2D eigenvalue weighted by molar-refractivity contribution is 5.56. The molecule has 9 nitrogen and oxygen atoms in total. The molecule has 1 fully saturated rings. The van der Waals surface area contributed by atoms with Gasteiger partial charge in [0.15, 0.2) is 0 Å². The van der Waals surface area contributed by atoms with Crippen molar-refractivity contribution in [3.05, 3.63) is 86.5 Å². The Labute approximate surface area is 226 Å². The van der Waals surface area contributed by atoms with Crippen molar-refractivity contribution in [3.8, 4) is 17.2 Å². The lowest BCUT2D eigenvalue weighted by Crippen LogP contribution is -2.38. The molecule has 3 aromatic rings. The van der Waals surface area contributed by atoms with E-state index in [0.29, 0.717) is 24.0 Å². The van der Waals surface area contributed by atoms with Crippen LogP contribution >= 0.6 is 0 Å². The van der Waals surface area contributed by atoms with Gasteiger partial charge in [-0.3, -0.25) is 0 Å². The molecule has 1 aliphatic carbocycles. The van der Waals surface area contributed by atoms with Crippen molar-refractivity contribution in [2.24, 2.45) is 0 Å². The summed E-state index contributed by atoms with van der Waals surface area (Å²) in [7, 11) is 0. The third-order valence-corrected chi connectivity index (χ3v) is 8.19. The minimum Gasteiger partial charge on any atom is -0.507 e. The molecule has 1 saturated carbocycles. The topological polar surface area (TPSA) is 182 Å². The minimum absolute atomic E-state index is 0.185. The van der Waals surface area contributed by atoms with Crippen LogP contribution in [0.5, 0.6) is 17.2 Å². The zero-order valence-electron chi connectivity index (χ0n) is 21.6. The van der Waals surface area contributed by atoms with E-state index < -0.39 is 45.1 Å². The van der Waals surface area contributed by atoms with E-state index >= 15 is 0 Å². The zero-order chi connectivity index (χ0) is 28.3. The molecule has 1 aliphatic rings. The fraction of sp³-hybridized carbons (Fsp3) is 0.400. The first-order valence-corrected chi connectivity index (χ1v) is 13.0. The van der Waals surface area contributed by atoms with Gasteiger partial charge in [-0.15, -0.1) is 0 Å². The van der Waals surface area contributed by atoms with Gasteiger partial charge in [0.1, 0.15) is 17.2 Å². The molecule has 0 heterocycles. The van der Waals surface area contributed by atoms with Crippen molar-refractivity contribution in [3.63, 3.8) is 0 Å². The van der Waals surface area contributed by atoms with E-state index in [9.17, 15) is 46.0 Å². The number of rotatable bonds is 9. The molecule has 0 radical (unpaired) electrons. The minimum atomic E-state index is -0.905. The van der Waals surface area contributed by atoms with Gasteiger partial charge in [0.2, 0.25) is 0 Å². The molecule has 0 bridgehead atoms. The molecule has 0 spiro atoms. The number of hydrogen-bond acceptors (Lipinski definition) is 9. The first kappa shape index (κ1) is 28.8. The Kier molecular flexibility index (Phi) is 8.80. The van der Waals surface area contributed by atoms with Crippen LogP contribution < -0.4 is 0 Å². The summed E-state index contributed by atoms with van der Waals surface area (Å²) in [4.78, 5) is 0. The Hall–Kier alpha value is -3.18. The quantitative estimate of drug-likeness (QED) is 0.197. The van der Waals surface area contributed by atoms with Crippen molar-refractivity contribution >= 4 is 0 Å². The highest BCUT2D eigenvalue weighted by atomic mass is 16.3. The predicted octanol–water partition coefficient (Wildman–Crippen LogP) is 2.40. The second kappa shape index (κ2) is 11.9. The normalized spacial score (nSPS) is 16.9. The summed E-state index contributed by atoms with van der Waals surface area (Å²) >= 11 is 0. The van der Waals surface area contributed by atoms with E-state index in [4.69, 9.17) is 0 Å². The fourth-order valence-corrected chi connectivity index (χ4v) is 6.23. The fourth-order valence-electron chi connectivity index (χ4n) is 6.23. The molecule has 9 N–H and O–H groups in total. The number of aliphatic hydroxyl groups excluding tert-OH is 6. The van der Waals surface area contributed by atoms with E-state index in [1.807, 2.05) is 0 Å². The summed E-state index contributed by atoms with van der Waals surface area (Å²) in [6, 6.07) is 10.1. The van der Waals surface area contributed by atoms with Gasteiger partial charge in [-0.2, -0.15) is 0 Å². The molecule has 210 valence electrons. The number of benzene rings is 3. The molecular formula is C30H36O9. The Balaban J connectivity index is 2.12. The maximum Gasteiger partial charge on any atom is 0.126 e. The number of aliphatic hydroxyl groups is 6. The summed E-state index contributed by atoms with van der Waals surface area (Å²) in [5.74, 6) is -0.931. The van der Waals surface area contributed by atoms with Gasteiger partial charge in [-0.1, -0.05) is 12.8 Å². The average molecular weight is 541 g/mol. The van der Waals surface area contributed by atoms with Gasteiger partial charge < -0.3 is 46.0 Å². The van der Waals surface area contributed by atoms with Crippen molar-refractivity contribution < 1.29 is 46.0 Å². The maximum atomic E-state index is 10.6. The first-order chi connectivity index (χ1) is 18.8. The van der Waals surface area contributed by atoms with Gasteiger partial charge in [-0.25, -0.2) is 0 Å². The van der Waals surface area contributed by atoms with Crippen molar-refractivity contribution in [2.45, 2.75) is 76.7 Å². The molecule has 0 aromatic heterocycles. The monoisotopic (exact) mass is 540 g/mol. The van der Waals surface area contributed by atoms with Gasteiger partial charge in [-0.05, 0) is 71.8 Å². The number of hydrogen-bond donors (Lipinski definition) is 9. The third-order valence-electron chi connectivity index (χ3n) is 8.19. The largest absolute Gasteiger partial charge is 0.507 e. The SMILES string of the molecule is OCc1cc(C2CCCCC2(c2cc(CO)c(O)c(CO)c2)c2cc(CO)c(O)c(CO)c2)cc(CO)c1O. The molecule has 39 heavy (non-hydrogen) atoms. The van der Waals surface area contributed by atoms with Gasteiger partial charge in [0, 0.05) is 38.8 Å². The maximum absolute atomic E-state index is 10.6. The molecule has 1 atom stereocenters. The lowest BCUT2D eigenvalue weighted by atomic mass is 9.56. The molecule has 4 rings (SSSR count). The van der Waals surface area contributed by atoms with Crippen LogP contribution in [-0.4, -0.2) is 46.0 Å². The van der Waals surface area contributed by atoms with Gasteiger partial charge in [0.05, 0.1) is 39.6 Å². The molecule has 0 amide bonds. The molecule has 1 unspecified atom stereocenters.